The molecule has 11 heteroatoms. The first-order chi connectivity index (χ1) is 17.4. The molecular formula is C26H35ClFN3O5S. The monoisotopic (exact) mass is 555 g/mol. The Labute approximate surface area is 223 Å². The number of benzene rings is 2. The number of hydrogen-bond donors (Lipinski definition) is 1. The van der Waals surface area contributed by atoms with Crippen LogP contribution in [-0.2, 0) is 26.2 Å². The summed E-state index contributed by atoms with van der Waals surface area (Å²) >= 11 is 6.18. The van der Waals surface area contributed by atoms with Gasteiger partial charge in [0.05, 0.1) is 24.1 Å². The molecule has 37 heavy (non-hydrogen) atoms. The molecule has 204 valence electrons. The lowest BCUT2D eigenvalue weighted by Gasteiger charge is -2.30. The molecule has 2 atom stereocenters. The van der Waals surface area contributed by atoms with Gasteiger partial charge in [-0.05, 0) is 62.6 Å². The highest BCUT2D eigenvalue weighted by molar-refractivity contribution is 7.92. The van der Waals surface area contributed by atoms with Gasteiger partial charge in [-0.25, -0.2) is 12.8 Å². The number of nitrogens with one attached hydrogen (secondary N) is 1. The van der Waals surface area contributed by atoms with Crippen molar-refractivity contribution in [2.24, 2.45) is 0 Å². The summed E-state index contributed by atoms with van der Waals surface area (Å²) in [4.78, 5) is 27.5. The number of carbonyl (C=O) groups is 2. The van der Waals surface area contributed by atoms with Crippen LogP contribution in [0.25, 0.3) is 0 Å². The van der Waals surface area contributed by atoms with Crippen LogP contribution in [0.5, 0.6) is 5.75 Å². The molecule has 2 rings (SSSR count). The van der Waals surface area contributed by atoms with Crippen LogP contribution in [0.2, 0.25) is 5.02 Å². The minimum Gasteiger partial charge on any atom is -0.495 e. The average molecular weight is 556 g/mol. The van der Waals surface area contributed by atoms with Gasteiger partial charge in [-0.3, -0.25) is 13.9 Å². The minimum absolute atomic E-state index is 0.00193. The summed E-state index contributed by atoms with van der Waals surface area (Å²) in [6.07, 6.45) is 2.02. The second kappa shape index (κ2) is 13.6. The van der Waals surface area contributed by atoms with Crippen molar-refractivity contribution in [3.8, 4) is 5.75 Å². The Morgan fingerprint density at radius 1 is 1.14 bits per heavy atom. The van der Waals surface area contributed by atoms with E-state index in [1.807, 2.05) is 13.8 Å². The molecular weight excluding hydrogens is 521 g/mol. The summed E-state index contributed by atoms with van der Waals surface area (Å²) in [7, 11) is -2.20. The number of halogens is 2. The summed E-state index contributed by atoms with van der Waals surface area (Å²) in [6, 6.07) is 9.53. The Bertz CT molecular complexity index is 1180. The molecule has 0 radical (unpaired) electrons. The highest BCUT2D eigenvalue weighted by Crippen LogP contribution is 2.30. The van der Waals surface area contributed by atoms with Crippen LogP contribution < -0.4 is 14.4 Å². The standard InChI is InChI=1S/C26H35ClFN3O5S/c1-6-18(2)29-26(33)19(3)30(17-20-9-11-21(28)12-10-20)25(32)8-7-15-31(37(5,34)35)22-13-14-24(36-4)23(27)16-22/h9-14,16,18-19H,6-8,15,17H2,1-5H3,(H,29,33)/t18-,19-/m0/s1. The van der Waals surface area contributed by atoms with E-state index in [4.69, 9.17) is 16.3 Å². The van der Waals surface area contributed by atoms with Crippen LogP contribution in [0.15, 0.2) is 42.5 Å². The number of nitrogens with zero attached hydrogens (tertiary/aromatic N) is 2. The van der Waals surface area contributed by atoms with E-state index in [1.54, 1.807) is 31.2 Å². The van der Waals surface area contributed by atoms with E-state index in [-0.39, 0.29) is 48.8 Å². The van der Waals surface area contributed by atoms with E-state index in [0.29, 0.717) is 17.0 Å². The van der Waals surface area contributed by atoms with Gasteiger partial charge in [0.1, 0.15) is 17.6 Å². The third-order valence-corrected chi connectivity index (χ3v) is 7.50. The molecule has 2 aromatic carbocycles. The first kappa shape index (κ1) is 30.4. The van der Waals surface area contributed by atoms with Gasteiger partial charge in [-0.2, -0.15) is 0 Å². The van der Waals surface area contributed by atoms with Gasteiger partial charge in [-0.15, -0.1) is 0 Å². The summed E-state index contributed by atoms with van der Waals surface area (Å²) in [5.41, 5.74) is 1.02. The quantitative estimate of drug-likeness (QED) is 0.396. The van der Waals surface area contributed by atoms with E-state index in [1.165, 1.54) is 34.5 Å². The zero-order chi connectivity index (χ0) is 27.8. The van der Waals surface area contributed by atoms with Crippen molar-refractivity contribution >= 4 is 39.1 Å². The molecule has 2 aromatic rings. The second-order valence-electron chi connectivity index (χ2n) is 8.90. The van der Waals surface area contributed by atoms with Crippen molar-refractivity contribution in [3.63, 3.8) is 0 Å². The maximum absolute atomic E-state index is 13.4. The maximum atomic E-state index is 13.4. The van der Waals surface area contributed by atoms with E-state index in [9.17, 15) is 22.4 Å². The van der Waals surface area contributed by atoms with Gasteiger partial charge in [0, 0.05) is 25.6 Å². The molecule has 0 heterocycles. The molecule has 0 fully saturated rings. The van der Waals surface area contributed by atoms with Crippen molar-refractivity contribution in [2.75, 3.05) is 24.2 Å². The molecule has 0 aliphatic carbocycles. The molecule has 1 N–H and O–H groups in total. The lowest BCUT2D eigenvalue weighted by Crippen LogP contribution is -2.49. The number of amides is 2. The number of carbonyl (C=O) groups excluding carboxylic acids is 2. The van der Waals surface area contributed by atoms with Crippen molar-refractivity contribution in [3.05, 3.63) is 58.9 Å². The summed E-state index contributed by atoms with van der Waals surface area (Å²) in [5.74, 6) is -0.605. The van der Waals surface area contributed by atoms with Crippen LogP contribution in [0.1, 0.15) is 45.6 Å². The van der Waals surface area contributed by atoms with Crippen LogP contribution in [-0.4, -0.2) is 57.1 Å². The largest absolute Gasteiger partial charge is 0.495 e. The van der Waals surface area contributed by atoms with Gasteiger partial charge in [0.2, 0.25) is 21.8 Å². The highest BCUT2D eigenvalue weighted by atomic mass is 35.5. The maximum Gasteiger partial charge on any atom is 0.242 e. The van der Waals surface area contributed by atoms with E-state index < -0.39 is 21.9 Å². The molecule has 0 spiro atoms. The van der Waals surface area contributed by atoms with Crippen molar-refractivity contribution in [1.29, 1.82) is 0 Å². The fourth-order valence-corrected chi connectivity index (χ4v) is 4.86. The van der Waals surface area contributed by atoms with Gasteiger partial charge >= 0.3 is 0 Å². The molecule has 8 nitrogen and oxygen atoms in total. The molecule has 0 saturated carbocycles. The van der Waals surface area contributed by atoms with Gasteiger partial charge in [0.25, 0.3) is 0 Å². The number of rotatable bonds is 13. The lowest BCUT2D eigenvalue weighted by atomic mass is 10.1. The van der Waals surface area contributed by atoms with Gasteiger partial charge in [0.15, 0.2) is 0 Å². The first-order valence-corrected chi connectivity index (χ1v) is 14.3. The number of hydrogen-bond acceptors (Lipinski definition) is 5. The second-order valence-corrected chi connectivity index (χ2v) is 11.2. The molecule has 0 saturated heterocycles. The summed E-state index contributed by atoms with van der Waals surface area (Å²) < 4.78 is 44.6. The van der Waals surface area contributed by atoms with Crippen molar-refractivity contribution in [2.45, 2.75) is 58.7 Å². The van der Waals surface area contributed by atoms with E-state index in [2.05, 4.69) is 5.32 Å². The Kier molecular flexibility index (Phi) is 11.2. The Balaban J connectivity index is 2.19. The first-order valence-electron chi connectivity index (χ1n) is 12.0. The van der Waals surface area contributed by atoms with Gasteiger partial charge < -0.3 is 15.0 Å². The predicted octanol–water partition coefficient (Wildman–Crippen LogP) is 4.37. The molecule has 0 unspecified atom stereocenters. The van der Waals surface area contributed by atoms with E-state index >= 15 is 0 Å². The SMILES string of the molecule is CC[C@H](C)NC(=O)[C@H](C)N(Cc1ccc(F)cc1)C(=O)CCCN(c1ccc(OC)c(Cl)c1)S(C)(=O)=O. The zero-order valence-electron chi connectivity index (χ0n) is 21.8. The van der Waals surface area contributed by atoms with Gasteiger partial charge in [-0.1, -0.05) is 30.7 Å². The number of anilines is 1. The third kappa shape index (κ3) is 8.89. The number of ether oxygens (including phenoxy) is 1. The molecule has 0 aliphatic rings. The normalized spacial score (nSPS) is 12.9. The summed E-state index contributed by atoms with van der Waals surface area (Å²) in [6.45, 7) is 5.60. The van der Waals surface area contributed by atoms with Crippen LogP contribution in [0, 0.1) is 5.82 Å². The van der Waals surface area contributed by atoms with Crippen molar-refractivity contribution < 1.29 is 27.1 Å². The van der Waals surface area contributed by atoms with Crippen molar-refractivity contribution in [1.82, 2.24) is 10.2 Å². The third-order valence-electron chi connectivity index (χ3n) is 6.01. The molecule has 2 amide bonds. The predicted molar refractivity (Wildman–Crippen MR) is 144 cm³/mol. The Hall–Kier alpha value is -2.85. The Morgan fingerprint density at radius 2 is 1.78 bits per heavy atom. The zero-order valence-corrected chi connectivity index (χ0v) is 23.4. The topological polar surface area (TPSA) is 96.0 Å². The lowest BCUT2D eigenvalue weighted by molar-refractivity contribution is -0.140. The molecule has 0 aromatic heterocycles. The molecule has 0 bridgehead atoms. The highest BCUT2D eigenvalue weighted by Gasteiger charge is 2.27. The fourth-order valence-electron chi connectivity index (χ4n) is 3.65. The number of sulfonamides is 1. The minimum atomic E-state index is -3.66. The van der Waals surface area contributed by atoms with Crippen LogP contribution in [0.3, 0.4) is 0 Å². The fraction of sp³-hybridized carbons (Fsp3) is 0.462. The summed E-state index contributed by atoms with van der Waals surface area (Å²) in [5, 5.41) is 3.15. The van der Waals surface area contributed by atoms with Crippen LogP contribution in [0.4, 0.5) is 10.1 Å². The Morgan fingerprint density at radius 3 is 2.32 bits per heavy atom. The van der Waals surface area contributed by atoms with Crippen LogP contribution >= 0.6 is 11.6 Å². The number of methoxy groups -OCH3 is 1. The molecule has 0 aliphatic heterocycles. The van der Waals surface area contributed by atoms with E-state index in [0.717, 1.165) is 12.7 Å². The smallest absolute Gasteiger partial charge is 0.242 e. The average Bonchev–Trinajstić information content (AvgIpc) is 2.84.